The van der Waals surface area contributed by atoms with Gasteiger partial charge < -0.3 is 15.0 Å². The average molecular weight is 285 g/mol. The smallest absolute Gasteiger partial charge is 0.260 e. The van der Waals surface area contributed by atoms with Crippen molar-refractivity contribution >= 4 is 5.91 Å². The molecule has 2 atom stereocenters. The summed E-state index contributed by atoms with van der Waals surface area (Å²) in [5.41, 5.74) is 0.628. The molecule has 0 saturated carbocycles. The van der Waals surface area contributed by atoms with E-state index in [1.807, 2.05) is 12.1 Å². The Morgan fingerprint density at radius 1 is 1.38 bits per heavy atom. The number of H-pyrrole nitrogens is 1. The zero-order valence-electron chi connectivity index (χ0n) is 11.3. The van der Waals surface area contributed by atoms with Crippen LogP contribution in [0.5, 0.6) is 0 Å². The lowest BCUT2D eigenvalue weighted by Crippen LogP contribution is -2.39. The van der Waals surface area contributed by atoms with E-state index >= 15 is 0 Å². The van der Waals surface area contributed by atoms with Crippen LogP contribution >= 0.6 is 0 Å². The third-order valence-electron chi connectivity index (χ3n) is 3.48. The van der Waals surface area contributed by atoms with Crippen LogP contribution in [-0.4, -0.2) is 28.5 Å². The fraction of sp³-hybridized carbons (Fsp3) is 0.267. The number of hydrogen-bond acceptors (Lipinski definition) is 4. The molecule has 0 unspecified atom stereocenters. The van der Waals surface area contributed by atoms with E-state index in [0.717, 1.165) is 5.56 Å². The molecule has 6 heteroatoms. The summed E-state index contributed by atoms with van der Waals surface area (Å²) in [6.45, 7) is 0.565. The van der Waals surface area contributed by atoms with Crippen molar-refractivity contribution in [2.24, 2.45) is 0 Å². The average Bonchev–Trinajstić information content (AvgIpc) is 2.96. The minimum absolute atomic E-state index is 0.106. The maximum atomic E-state index is 12.2. The van der Waals surface area contributed by atoms with Crippen molar-refractivity contribution in [2.45, 2.75) is 18.6 Å². The van der Waals surface area contributed by atoms with Gasteiger partial charge in [-0.05, 0) is 24.6 Å². The van der Waals surface area contributed by atoms with Crippen molar-refractivity contribution in [1.82, 2.24) is 15.3 Å². The topological polar surface area (TPSA) is 84.1 Å². The minimum atomic E-state index is -0.396. The van der Waals surface area contributed by atoms with Gasteiger partial charge in [0.25, 0.3) is 11.5 Å². The second-order valence-corrected chi connectivity index (χ2v) is 4.86. The summed E-state index contributed by atoms with van der Waals surface area (Å²) in [6, 6.07) is 6.71. The zero-order chi connectivity index (χ0) is 14.7. The first kappa shape index (κ1) is 13.5. The standard InChI is InChI=1S/C15H15N3O3/c19-14-11(4-2-7-17-14)15(20)18-12-5-8-21-13(12)10-3-1-6-16-9-10/h1-4,6-7,9,12-13H,5,8H2,(H,17,19)(H,18,20)/t12-,13+/m0/s1. The molecule has 21 heavy (non-hydrogen) atoms. The van der Waals surface area contributed by atoms with E-state index in [0.29, 0.717) is 13.0 Å². The van der Waals surface area contributed by atoms with E-state index in [9.17, 15) is 9.59 Å². The summed E-state index contributed by atoms with van der Waals surface area (Å²) in [5.74, 6) is -0.388. The molecule has 1 saturated heterocycles. The van der Waals surface area contributed by atoms with Gasteiger partial charge in [-0.2, -0.15) is 0 Å². The molecule has 0 aliphatic carbocycles. The Morgan fingerprint density at radius 3 is 3.05 bits per heavy atom. The summed E-state index contributed by atoms with van der Waals surface area (Å²) in [5, 5.41) is 2.87. The van der Waals surface area contributed by atoms with Gasteiger partial charge in [-0.3, -0.25) is 14.6 Å². The number of nitrogens with zero attached hydrogens (tertiary/aromatic N) is 1. The number of aromatic amines is 1. The summed E-state index contributed by atoms with van der Waals surface area (Å²) < 4.78 is 5.68. The van der Waals surface area contributed by atoms with Gasteiger partial charge in [0.2, 0.25) is 0 Å². The fourth-order valence-electron chi connectivity index (χ4n) is 2.46. The van der Waals surface area contributed by atoms with Crippen LogP contribution in [0, 0.1) is 0 Å². The predicted molar refractivity (Wildman–Crippen MR) is 75.9 cm³/mol. The van der Waals surface area contributed by atoms with Gasteiger partial charge in [0, 0.05) is 30.8 Å². The lowest BCUT2D eigenvalue weighted by Gasteiger charge is -2.19. The van der Waals surface area contributed by atoms with Crippen LogP contribution in [0.1, 0.15) is 28.4 Å². The van der Waals surface area contributed by atoms with E-state index in [2.05, 4.69) is 15.3 Å². The number of carbonyl (C=O) groups excluding carboxylic acids is 1. The van der Waals surface area contributed by atoms with Crippen molar-refractivity contribution in [3.63, 3.8) is 0 Å². The van der Waals surface area contributed by atoms with Crippen LogP contribution < -0.4 is 10.9 Å². The zero-order valence-corrected chi connectivity index (χ0v) is 11.3. The summed E-state index contributed by atoms with van der Waals surface area (Å²) in [4.78, 5) is 30.4. The van der Waals surface area contributed by atoms with Gasteiger partial charge >= 0.3 is 0 Å². The van der Waals surface area contributed by atoms with Crippen LogP contribution in [0.3, 0.4) is 0 Å². The van der Waals surface area contributed by atoms with Gasteiger partial charge in [-0.25, -0.2) is 0 Å². The first-order valence-electron chi connectivity index (χ1n) is 6.76. The lowest BCUT2D eigenvalue weighted by molar-refractivity contribution is 0.0819. The maximum absolute atomic E-state index is 12.2. The Kier molecular flexibility index (Phi) is 3.79. The van der Waals surface area contributed by atoms with E-state index in [4.69, 9.17) is 4.74 Å². The molecule has 1 fully saturated rings. The molecule has 1 amide bonds. The molecule has 0 radical (unpaired) electrons. The molecule has 1 aliphatic rings. The van der Waals surface area contributed by atoms with Crippen LogP contribution in [0.2, 0.25) is 0 Å². The second-order valence-electron chi connectivity index (χ2n) is 4.86. The van der Waals surface area contributed by atoms with Crippen molar-refractivity contribution in [1.29, 1.82) is 0 Å². The molecule has 2 N–H and O–H groups in total. The van der Waals surface area contributed by atoms with Gasteiger partial charge in [0.05, 0.1) is 6.04 Å². The molecule has 0 aromatic carbocycles. The number of amides is 1. The van der Waals surface area contributed by atoms with Crippen molar-refractivity contribution in [2.75, 3.05) is 6.61 Å². The molecular formula is C15H15N3O3. The first-order valence-corrected chi connectivity index (χ1v) is 6.76. The Labute approximate surface area is 121 Å². The lowest BCUT2D eigenvalue weighted by atomic mass is 10.0. The maximum Gasteiger partial charge on any atom is 0.260 e. The summed E-state index contributed by atoms with van der Waals surface area (Å²) in [7, 11) is 0. The van der Waals surface area contributed by atoms with Gasteiger partial charge in [0.15, 0.2) is 0 Å². The summed E-state index contributed by atoms with van der Waals surface area (Å²) >= 11 is 0. The number of ether oxygens (including phenoxy) is 1. The second kappa shape index (κ2) is 5.88. The third kappa shape index (κ3) is 2.85. The van der Waals surface area contributed by atoms with Crippen LogP contribution in [0.25, 0.3) is 0 Å². The number of nitrogens with one attached hydrogen (secondary N) is 2. The highest BCUT2D eigenvalue weighted by Crippen LogP contribution is 2.28. The third-order valence-corrected chi connectivity index (χ3v) is 3.48. The number of hydrogen-bond donors (Lipinski definition) is 2. The molecule has 1 aliphatic heterocycles. The van der Waals surface area contributed by atoms with Crippen LogP contribution in [0.4, 0.5) is 0 Å². The number of aromatic nitrogens is 2. The van der Waals surface area contributed by atoms with Crippen molar-refractivity contribution in [3.05, 3.63) is 64.3 Å². The molecule has 6 nitrogen and oxygen atoms in total. The van der Waals surface area contributed by atoms with Crippen molar-refractivity contribution < 1.29 is 9.53 Å². The number of pyridine rings is 2. The molecule has 3 heterocycles. The highest BCUT2D eigenvalue weighted by molar-refractivity contribution is 5.94. The van der Waals surface area contributed by atoms with Gasteiger partial charge in [-0.15, -0.1) is 0 Å². The molecule has 3 rings (SSSR count). The summed E-state index contributed by atoms with van der Waals surface area (Å²) in [6.07, 6.45) is 5.39. The molecule has 2 aromatic rings. The molecule has 108 valence electrons. The molecular weight excluding hydrogens is 270 g/mol. The van der Waals surface area contributed by atoms with Gasteiger partial charge in [0.1, 0.15) is 11.7 Å². The Bertz CT molecular complexity index is 684. The highest BCUT2D eigenvalue weighted by Gasteiger charge is 2.31. The fourth-order valence-corrected chi connectivity index (χ4v) is 2.46. The molecule has 2 aromatic heterocycles. The van der Waals surface area contributed by atoms with E-state index in [1.165, 1.54) is 12.3 Å². The SMILES string of the molecule is O=C(N[C@H]1CCO[C@@H]1c1cccnc1)c1ccc[nH]c1=O. The number of carbonyl (C=O) groups is 1. The van der Waals surface area contributed by atoms with Crippen LogP contribution in [-0.2, 0) is 4.74 Å². The predicted octanol–water partition coefficient (Wildman–Crippen LogP) is 1.03. The van der Waals surface area contributed by atoms with E-state index in [-0.39, 0.29) is 23.6 Å². The van der Waals surface area contributed by atoms with E-state index in [1.54, 1.807) is 18.5 Å². The Morgan fingerprint density at radius 2 is 2.29 bits per heavy atom. The molecule has 0 spiro atoms. The quantitative estimate of drug-likeness (QED) is 0.882. The Hall–Kier alpha value is -2.47. The van der Waals surface area contributed by atoms with Gasteiger partial charge in [-0.1, -0.05) is 6.07 Å². The minimum Gasteiger partial charge on any atom is -0.371 e. The van der Waals surface area contributed by atoms with Crippen LogP contribution in [0.15, 0.2) is 47.7 Å². The highest BCUT2D eigenvalue weighted by atomic mass is 16.5. The largest absolute Gasteiger partial charge is 0.371 e. The normalized spacial score (nSPS) is 21.1. The molecule has 0 bridgehead atoms. The van der Waals surface area contributed by atoms with E-state index < -0.39 is 5.56 Å². The number of rotatable bonds is 3. The monoisotopic (exact) mass is 285 g/mol. The Balaban J connectivity index is 1.77. The first-order chi connectivity index (χ1) is 10.3. The van der Waals surface area contributed by atoms with Crippen molar-refractivity contribution in [3.8, 4) is 0 Å².